The fourth-order valence-corrected chi connectivity index (χ4v) is 4.44. The fraction of sp³-hybridized carbons (Fsp3) is 0.455. The van der Waals surface area contributed by atoms with Crippen LogP contribution in [0, 0.1) is 0 Å². The number of nitrogens with zero attached hydrogens (tertiary/aromatic N) is 4. The number of amides is 1. The summed E-state index contributed by atoms with van der Waals surface area (Å²) in [6, 6.07) is 1.90. The molecular formula is C22H29N5O2P2. The first-order valence-corrected chi connectivity index (χ1v) is 11.8. The summed E-state index contributed by atoms with van der Waals surface area (Å²) < 4.78 is 5.92. The van der Waals surface area contributed by atoms with Gasteiger partial charge in [0.2, 0.25) is 0 Å². The first-order valence-electron chi connectivity index (χ1n) is 10.6. The Morgan fingerprint density at radius 2 is 2.03 bits per heavy atom. The van der Waals surface area contributed by atoms with Crippen LogP contribution in [0.25, 0.3) is 5.76 Å². The molecule has 1 saturated heterocycles. The van der Waals surface area contributed by atoms with Crippen LogP contribution in [0.3, 0.4) is 0 Å². The number of hydrogen-bond donors (Lipinski definition) is 1. The number of carbonyl (C=O) groups is 1. The number of allylic oxidation sites excluding steroid dienone is 1. The molecule has 2 aliphatic heterocycles. The van der Waals surface area contributed by atoms with E-state index in [2.05, 4.69) is 49.7 Å². The second kappa shape index (κ2) is 9.18. The first kappa shape index (κ1) is 22.1. The maximum Gasteiger partial charge on any atom is 0.258 e. The molecule has 0 saturated carbocycles. The molecule has 31 heavy (non-hydrogen) atoms. The smallest absolute Gasteiger partial charge is 0.258 e. The second-order valence-electron chi connectivity index (χ2n) is 8.46. The third-order valence-corrected chi connectivity index (χ3v) is 6.40. The SMILES string of the molecule is CC(C)c1ncc(C(=O)Nc2c(C3=CCCCO3)ccnc2N2CCC(P)(P)C2)cn1. The normalized spacial score (nSPS) is 18.0. The van der Waals surface area contributed by atoms with Crippen LogP contribution < -0.4 is 10.2 Å². The van der Waals surface area contributed by atoms with Gasteiger partial charge in [0.1, 0.15) is 11.6 Å². The van der Waals surface area contributed by atoms with Crippen LogP contribution in [0.5, 0.6) is 0 Å². The van der Waals surface area contributed by atoms with Crippen molar-refractivity contribution in [2.45, 2.75) is 43.9 Å². The van der Waals surface area contributed by atoms with Gasteiger partial charge in [-0.3, -0.25) is 4.79 Å². The number of rotatable bonds is 5. The lowest BCUT2D eigenvalue weighted by Gasteiger charge is -2.25. The van der Waals surface area contributed by atoms with Gasteiger partial charge >= 0.3 is 0 Å². The zero-order valence-corrected chi connectivity index (χ0v) is 20.3. The van der Waals surface area contributed by atoms with E-state index in [4.69, 9.17) is 4.74 Å². The second-order valence-corrected chi connectivity index (χ2v) is 11.4. The number of hydrogen-bond acceptors (Lipinski definition) is 6. The standard InChI is InChI=1S/C22H29N5O2P2/c1-14(2)19-24-11-15(12-25-19)21(28)26-18-16(17-5-3-4-10-29-17)6-8-23-20(18)27-9-7-22(30,31)13-27/h5-6,8,11-12,14H,3-4,7,9-10,13,30-31H2,1-2H3,(H,26,28). The maximum atomic E-state index is 13.1. The Bertz CT molecular complexity index is 992. The number of pyridine rings is 1. The van der Waals surface area contributed by atoms with Crippen molar-refractivity contribution in [1.82, 2.24) is 15.0 Å². The molecule has 7 nitrogen and oxygen atoms in total. The summed E-state index contributed by atoms with van der Waals surface area (Å²) in [4.78, 5) is 28.7. The van der Waals surface area contributed by atoms with Crippen molar-refractivity contribution in [3.8, 4) is 0 Å². The fourth-order valence-electron chi connectivity index (χ4n) is 3.74. The lowest BCUT2D eigenvalue weighted by molar-refractivity contribution is 0.102. The van der Waals surface area contributed by atoms with Crippen LogP contribution in [-0.4, -0.2) is 45.5 Å². The summed E-state index contributed by atoms with van der Waals surface area (Å²) in [6.45, 7) is 6.39. The Morgan fingerprint density at radius 3 is 2.65 bits per heavy atom. The van der Waals surface area contributed by atoms with Gasteiger partial charge in [-0.25, -0.2) is 15.0 Å². The number of ether oxygens (including phenoxy) is 1. The molecule has 0 spiro atoms. The third kappa shape index (κ3) is 5.05. The van der Waals surface area contributed by atoms with Crippen LogP contribution in [0.1, 0.15) is 60.8 Å². The van der Waals surface area contributed by atoms with Crippen molar-refractivity contribution in [3.05, 3.63) is 47.7 Å². The van der Waals surface area contributed by atoms with Gasteiger partial charge in [0, 0.05) is 48.1 Å². The number of carbonyl (C=O) groups excluding carboxylic acids is 1. The summed E-state index contributed by atoms with van der Waals surface area (Å²) >= 11 is 0. The first-order chi connectivity index (χ1) is 14.8. The molecule has 0 radical (unpaired) electrons. The summed E-state index contributed by atoms with van der Waals surface area (Å²) in [5.74, 6) is 2.21. The lowest BCUT2D eigenvalue weighted by Crippen LogP contribution is -2.26. The van der Waals surface area contributed by atoms with Gasteiger partial charge in [-0.15, -0.1) is 18.5 Å². The molecule has 2 unspecified atom stereocenters. The van der Waals surface area contributed by atoms with E-state index in [-0.39, 0.29) is 16.7 Å². The molecule has 2 aromatic heterocycles. The van der Waals surface area contributed by atoms with Crippen LogP contribution in [-0.2, 0) is 4.74 Å². The van der Waals surface area contributed by atoms with Crippen molar-refractivity contribution in [3.63, 3.8) is 0 Å². The maximum absolute atomic E-state index is 13.1. The van der Waals surface area contributed by atoms with Crippen LogP contribution in [0.4, 0.5) is 11.5 Å². The average Bonchev–Trinajstić information content (AvgIpc) is 3.14. The van der Waals surface area contributed by atoms with Gasteiger partial charge in [-0.05, 0) is 31.4 Å². The van der Waals surface area contributed by atoms with E-state index in [1.807, 2.05) is 19.9 Å². The van der Waals surface area contributed by atoms with Crippen LogP contribution in [0.2, 0.25) is 0 Å². The Labute approximate surface area is 187 Å². The molecule has 0 bridgehead atoms. The van der Waals surface area contributed by atoms with E-state index < -0.39 is 0 Å². The predicted octanol–water partition coefficient (Wildman–Crippen LogP) is 4.06. The molecule has 1 fully saturated rings. The molecule has 2 atom stereocenters. The minimum atomic E-state index is -0.260. The molecule has 4 rings (SSSR count). The van der Waals surface area contributed by atoms with E-state index >= 15 is 0 Å². The van der Waals surface area contributed by atoms with Crippen molar-refractivity contribution >= 4 is 41.7 Å². The molecule has 164 valence electrons. The molecule has 9 heteroatoms. The quantitative estimate of drug-likeness (QED) is 0.683. The topological polar surface area (TPSA) is 80.2 Å². The van der Waals surface area contributed by atoms with E-state index in [0.29, 0.717) is 17.9 Å². The van der Waals surface area contributed by atoms with Gasteiger partial charge in [-0.2, -0.15) is 0 Å². The van der Waals surface area contributed by atoms with Gasteiger partial charge in [0.05, 0.1) is 17.9 Å². The van der Waals surface area contributed by atoms with Crippen molar-refractivity contribution in [1.29, 1.82) is 0 Å². The molecular weight excluding hydrogens is 428 g/mol. The Kier molecular flexibility index (Phi) is 6.55. The zero-order valence-electron chi connectivity index (χ0n) is 18.0. The van der Waals surface area contributed by atoms with Gasteiger partial charge in [0.25, 0.3) is 5.91 Å². The largest absolute Gasteiger partial charge is 0.493 e. The average molecular weight is 457 g/mol. The van der Waals surface area contributed by atoms with Gasteiger partial charge in [0.15, 0.2) is 5.82 Å². The summed E-state index contributed by atoms with van der Waals surface area (Å²) in [5.41, 5.74) is 1.93. The summed E-state index contributed by atoms with van der Waals surface area (Å²) in [5, 5.41) is 3.09. The predicted molar refractivity (Wildman–Crippen MR) is 130 cm³/mol. The van der Waals surface area contributed by atoms with Crippen LogP contribution in [0.15, 0.2) is 30.7 Å². The van der Waals surface area contributed by atoms with Gasteiger partial charge < -0.3 is 15.0 Å². The number of aromatic nitrogens is 3. The van der Waals surface area contributed by atoms with Crippen molar-refractivity contribution < 1.29 is 9.53 Å². The van der Waals surface area contributed by atoms with E-state index in [9.17, 15) is 4.79 Å². The molecule has 4 heterocycles. The van der Waals surface area contributed by atoms with E-state index in [0.717, 1.165) is 55.3 Å². The minimum Gasteiger partial charge on any atom is -0.493 e. The molecule has 2 aromatic rings. The summed E-state index contributed by atoms with van der Waals surface area (Å²) in [7, 11) is 5.81. The third-order valence-electron chi connectivity index (χ3n) is 5.45. The van der Waals surface area contributed by atoms with E-state index in [1.165, 1.54) is 0 Å². The van der Waals surface area contributed by atoms with Crippen molar-refractivity contribution in [2.24, 2.45) is 0 Å². The van der Waals surface area contributed by atoms with E-state index in [1.54, 1.807) is 18.6 Å². The van der Waals surface area contributed by atoms with Gasteiger partial charge in [-0.1, -0.05) is 13.8 Å². The minimum absolute atomic E-state index is 0.0418. The Hall–Kier alpha value is -2.10. The number of nitrogens with one attached hydrogen (secondary N) is 1. The molecule has 1 amide bonds. The molecule has 0 aromatic carbocycles. The summed E-state index contributed by atoms with van der Waals surface area (Å²) in [6.07, 6.45) is 9.98. The Balaban J connectivity index is 1.69. The van der Waals surface area contributed by atoms with Crippen LogP contribution >= 0.6 is 18.5 Å². The Morgan fingerprint density at radius 1 is 1.26 bits per heavy atom. The monoisotopic (exact) mass is 457 g/mol. The number of anilines is 2. The molecule has 0 aliphatic carbocycles. The highest BCUT2D eigenvalue weighted by Gasteiger charge is 2.33. The molecule has 2 aliphatic rings. The molecule has 1 N–H and O–H groups in total. The zero-order chi connectivity index (χ0) is 22.0. The lowest BCUT2D eigenvalue weighted by atomic mass is 10.1. The highest BCUT2D eigenvalue weighted by Crippen LogP contribution is 2.42. The highest BCUT2D eigenvalue weighted by atomic mass is 31.1. The van der Waals surface area contributed by atoms with Crippen molar-refractivity contribution in [2.75, 3.05) is 29.9 Å². The highest BCUT2D eigenvalue weighted by molar-refractivity contribution is 7.40.